The Morgan fingerprint density at radius 1 is 1.00 bits per heavy atom. The first-order valence-corrected chi connectivity index (χ1v) is 7.82. The number of hydrogen-bond donors (Lipinski definition) is 0. The summed E-state index contributed by atoms with van der Waals surface area (Å²) in [5.74, 6) is -0.231. The van der Waals surface area contributed by atoms with Gasteiger partial charge in [0.15, 0.2) is 11.5 Å². The maximum Gasteiger partial charge on any atom is 0.227 e. The summed E-state index contributed by atoms with van der Waals surface area (Å²) < 4.78 is 1.64. The molecule has 22 heavy (non-hydrogen) atoms. The Bertz CT molecular complexity index is 805. The van der Waals surface area contributed by atoms with E-state index < -0.39 is 0 Å². The minimum absolute atomic E-state index is 0.231. The Kier molecular flexibility index (Phi) is 4.02. The van der Waals surface area contributed by atoms with Crippen molar-refractivity contribution in [3.63, 3.8) is 0 Å². The second kappa shape index (κ2) is 6.12. The van der Waals surface area contributed by atoms with E-state index in [1.807, 2.05) is 50.4 Å². The van der Waals surface area contributed by atoms with Gasteiger partial charge in [0.2, 0.25) is 6.20 Å². The molecule has 0 bridgehead atoms. The molecular weight excluding hydrogens is 292 g/mol. The third-order valence-electron chi connectivity index (χ3n) is 3.42. The van der Waals surface area contributed by atoms with Crippen LogP contribution < -0.4 is 9.17 Å². The molecule has 0 unspecified atom stereocenters. The van der Waals surface area contributed by atoms with Crippen molar-refractivity contribution >= 4 is 17.4 Å². The number of benzene rings is 2. The normalized spacial score (nSPS) is 11.6. The van der Waals surface area contributed by atoms with Crippen molar-refractivity contribution in [1.29, 1.82) is 0 Å². The van der Waals surface area contributed by atoms with E-state index in [9.17, 15) is 5.11 Å². The zero-order valence-electron chi connectivity index (χ0n) is 12.5. The number of aryl methyl sites for hydroxylation is 2. The van der Waals surface area contributed by atoms with Crippen molar-refractivity contribution in [1.82, 2.24) is 0 Å². The molecule has 0 aliphatic carbocycles. The molecule has 0 amide bonds. The Balaban J connectivity index is 1.93. The molecular formula is C18H16N2OS. The first-order chi connectivity index (χ1) is 10.6. The molecule has 110 valence electrons. The van der Waals surface area contributed by atoms with Crippen molar-refractivity contribution in [3.8, 4) is 11.1 Å². The lowest BCUT2D eigenvalue weighted by atomic mass is 10.1. The Morgan fingerprint density at radius 2 is 1.68 bits per heavy atom. The smallest absolute Gasteiger partial charge is 0.227 e. The van der Waals surface area contributed by atoms with Crippen LogP contribution in [0.3, 0.4) is 0 Å². The molecule has 0 N–H and O–H groups in total. The second-order valence-corrected chi connectivity index (χ2v) is 6.30. The average molecular weight is 308 g/mol. The third kappa shape index (κ3) is 3.07. The lowest BCUT2D eigenvalue weighted by Crippen LogP contribution is -2.30. The molecule has 0 fully saturated rings. The highest BCUT2D eigenvalue weighted by Crippen LogP contribution is 2.24. The van der Waals surface area contributed by atoms with Crippen molar-refractivity contribution < 1.29 is 9.17 Å². The monoisotopic (exact) mass is 308 g/mol. The third-order valence-corrected chi connectivity index (χ3v) is 4.29. The van der Waals surface area contributed by atoms with E-state index in [4.69, 9.17) is 0 Å². The van der Waals surface area contributed by atoms with E-state index in [1.165, 1.54) is 11.5 Å². The molecule has 3 nitrogen and oxygen atoms in total. The minimum atomic E-state index is -0.231. The van der Waals surface area contributed by atoms with Crippen LogP contribution in [0.15, 0.2) is 65.9 Å². The van der Waals surface area contributed by atoms with Gasteiger partial charge in [-0.15, -0.1) is 0 Å². The summed E-state index contributed by atoms with van der Waals surface area (Å²) >= 11 is 1.46. The summed E-state index contributed by atoms with van der Waals surface area (Å²) in [4.78, 5) is 1.13. The minimum Gasteiger partial charge on any atom is -0.854 e. The van der Waals surface area contributed by atoms with E-state index >= 15 is 0 Å². The van der Waals surface area contributed by atoms with E-state index in [2.05, 4.69) is 17.2 Å². The summed E-state index contributed by atoms with van der Waals surface area (Å²) in [7, 11) is 0. The number of aromatic nitrogens is 1. The molecule has 0 saturated carbocycles. The largest absolute Gasteiger partial charge is 0.854 e. The van der Waals surface area contributed by atoms with E-state index in [0.29, 0.717) is 5.56 Å². The average Bonchev–Trinajstić information content (AvgIpc) is 2.89. The highest BCUT2D eigenvalue weighted by Gasteiger charge is 2.14. The van der Waals surface area contributed by atoms with Crippen molar-refractivity contribution in [2.45, 2.75) is 13.8 Å². The van der Waals surface area contributed by atoms with Crippen LogP contribution in [0.5, 0.6) is 0 Å². The zero-order valence-corrected chi connectivity index (χ0v) is 13.3. The van der Waals surface area contributed by atoms with Gasteiger partial charge in [0.25, 0.3) is 0 Å². The molecule has 3 aromatic rings. The van der Waals surface area contributed by atoms with Crippen LogP contribution in [0, 0.1) is 13.8 Å². The number of nitrogens with zero attached hydrogens (tertiary/aromatic N) is 2. The van der Waals surface area contributed by atoms with Gasteiger partial charge < -0.3 is 5.11 Å². The summed E-state index contributed by atoms with van der Waals surface area (Å²) in [6.07, 6.45) is 1.90. The van der Waals surface area contributed by atoms with Crippen molar-refractivity contribution in [2.24, 2.45) is 5.10 Å². The predicted octanol–water partition coefficient (Wildman–Crippen LogP) is 2.89. The molecule has 2 aromatic carbocycles. The summed E-state index contributed by atoms with van der Waals surface area (Å²) in [5.41, 5.74) is 3.96. The molecule has 0 radical (unpaired) electrons. The fraction of sp³-hybridized carbons (Fsp3) is 0.111. The van der Waals surface area contributed by atoms with E-state index in [0.717, 1.165) is 21.6 Å². The van der Waals surface area contributed by atoms with E-state index in [1.54, 1.807) is 16.2 Å². The van der Waals surface area contributed by atoms with Crippen LogP contribution in [0.1, 0.15) is 16.0 Å². The topological polar surface area (TPSA) is 39.3 Å². The summed E-state index contributed by atoms with van der Waals surface area (Å²) in [5, 5.41) is 16.4. The second-order valence-electron chi connectivity index (χ2n) is 5.13. The van der Waals surface area contributed by atoms with Gasteiger partial charge >= 0.3 is 0 Å². The van der Waals surface area contributed by atoms with Crippen LogP contribution >= 0.6 is 11.5 Å². The van der Waals surface area contributed by atoms with Crippen LogP contribution in [0.25, 0.3) is 11.1 Å². The van der Waals surface area contributed by atoms with Crippen molar-refractivity contribution in [3.05, 3.63) is 76.8 Å². The van der Waals surface area contributed by atoms with Gasteiger partial charge in [-0.2, -0.15) is 0 Å². The van der Waals surface area contributed by atoms with Gasteiger partial charge in [-0.25, -0.2) is 0 Å². The predicted molar refractivity (Wildman–Crippen MR) is 87.8 cm³/mol. The van der Waals surface area contributed by atoms with Crippen molar-refractivity contribution in [2.75, 3.05) is 0 Å². The van der Waals surface area contributed by atoms with Gasteiger partial charge in [-0.1, -0.05) is 60.2 Å². The lowest BCUT2D eigenvalue weighted by molar-refractivity contribution is -0.611. The Hall–Kier alpha value is -2.46. The molecule has 0 aliphatic rings. The molecule has 1 aromatic heterocycles. The van der Waals surface area contributed by atoms with Crippen LogP contribution in [-0.4, -0.2) is 5.90 Å². The van der Waals surface area contributed by atoms with Crippen LogP contribution in [0.4, 0.5) is 0 Å². The lowest BCUT2D eigenvalue weighted by Gasteiger charge is -2.05. The fourth-order valence-electron chi connectivity index (χ4n) is 2.21. The van der Waals surface area contributed by atoms with Gasteiger partial charge in [0.1, 0.15) is 0 Å². The molecule has 0 aliphatic heterocycles. The quantitative estimate of drug-likeness (QED) is 0.416. The molecule has 0 spiro atoms. The summed E-state index contributed by atoms with van der Waals surface area (Å²) in [6.45, 7) is 4.03. The molecule has 1 heterocycles. The maximum absolute atomic E-state index is 12.2. The Morgan fingerprint density at radius 3 is 2.36 bits per heavy atom. The molecule has 0 atom stereocenters. The van der Waals surface area contributed by atoms with E-state index in [-0.39, 0.29) is 5.90 Å². The first-order valence-electron chi connectivity index (χ1n) is 7.04. The van der Waals surface area contributed by atoms with Gasteiger partial charge in [-0.05, 0) is 25.0 Å². The number of rotatable bonds is 3. The standard InChI is InChI=1S/C18H16N2OS/c1-13-8-10-16(11-9-13)18(21)19-20-12-17(14(2)22-20)15-6-4-3-5-7-15/h3-12H,1-2H3. The maximum atomic E-state index is 12.2. The zero-order chi connectivity index (χ0) is 15.5. The van der Waals surface area contributed by atoms with Gasteiger partial charge in [0.05, 0.1) is 16.3 Å². The number of hydrogen-bond acceptors (Lipinski definition) is 3. The fourth-order valence-corrected chi connectivity index (χ4v) is 3.03. The first kappa shape index (κ1) is 14.5. The van der Waals surface area contributed by atoms with Crippen LogP contribution in [-0.2, 0) is 0 Å². The summed E-state index contributed by atoms with van der Waals surface area (Å²) in [6, 6.07) is 17.6. The van der Waals surface area contributed by atoms with Gasteiger partial charge in [0, 0.05) is 9.17 Å². The SMILES string of the molecule is Cc1ccc(/C([O-])=N\[n+]2cc(-c3ccccc3)c(C)s2)cc1. The van der Waals surface area contributed by atoms with Gasteiger partial charge in [-0.3, -0.25) is 0 Å². The molecule has 4 heteroatoms. The highest BCUT2D eigenvalue weighted by atomic mass is 32.1. The molecule has 0 saturated heterocycles. The highest BCUT2D eigenvalue weighted by molar-refractivity contribution is 7.02. The Labute approximate surface area is 134 Å². The molecule has 3 rings (SSSR count). The van der Waals surface area contributed by atoms with Crippen LogP contribution in [0.2, 0.25) is 0 Å².